The van der Waals surface area contributed by atoms with Gasteiger partial charge in [-0.1, -0.05) is 20.3 Å². The van der Waals surface area contributed by atoms with Crippen molar-refractivity contribution < 1.29 is 33.3 Å². The van der Waals surface area contributed by atoms with Crippen LogP contribution >= 0.6 is 0 Å². The third kappa shape index (κ3) is 6.45. The van der Waals surface area contributed by atoms with Gasteiger partial charge in [0.2, 0.25) is 13.6 Å². The van der Waals surface area contributed by atoms with Crippen molar-refractivity contribution in [2.24, 2.45) is 5.73 Å². The van der Waals surface area contributed by atoms with Gasteiger partial charge in [-0.25, -0.2) is 4.79 Å². The second kappa shape index (κ2) is 11.0. The fourth-order valence-electron chi connectivity index (χ4n) is 1.93. The predicted octanol–water partition coefficient (Wildman–Crippen LogP) is 1.93. The van der Waals surface area contributed by atoms with Crippen LogP contribution in [0.15, 0.2) is 18.2 Å². The molecule has 0 saturated heterocycles. The van der Waals surface area contributed by atoms with Gasteiger partial charge in [-0.05, 0) is 25.1 Å². The molecule has 1 atom stereocenters. The summed E-state index contributed by atoms with van der Waals surface area (Å²) in [5, 5.41) is 0. The zero-order valence-electron chi connectivity index (χ0n) is 16.0. The average molecular weight is 382 g/mol. The van der Waals surface area contributed by atoms with E-state index in [-0.39, 0.29) is 19.1 Å². The summed E-state index contributed by atoms with van der Waals surface area (Å²) in [5.41, 5.74) is 5.43. The molecule has 1 amide bonds. The van der Waals surface area contributed by atoms with Gasteiger partial charge in [-0.2, -0.15) is 0 Å². The molecule has 0 saturated carbocycles. The Morgan fingerprint density at radius 2 is 1.81 bits per heavy atom. The van der Waals surface area contributed by atoms with Crippen LogP contribution in [0.4, 0.5) is 4.79 Å². The molecule has 0 bridgehead atoms. The summed E-state index contributed by atoms with van der Waals surface area (Å²) in [6.07, 6.45) is 0.446. The number of ether oxygens (including phenoxy) is 4. The summed E-state index contributed by atoms with van der Waals surface area (Å²) < 4.78 is 19.7. The van der Waals surface area contributed by atoms with Crippen LogP contribution in [0.5, 0.6) is 11.5 Å². The Morgan fingerprint density at radius 3 is 2.44 bits per heavy atom. The summed E-state index contributed by atoms with van der Waals surface area (Å²) in [4.78, 5) is 36.3. The number of benzene rings is 1. The normalized spacial score (nSPS) is 12.3. The highest BCUT2D eigenvalue weighted by atomic mass is 16.7. The molecule has 2 N–H and O–H groups in total. The lowest BCUT2D eigenvalue weighted by molar-refractivity contribution is -0.150. The Kier molecular flexibility index (Phi) is 9.07. The van der Waals surface area contributed by atoms with Gasteiger partial charge in [-0.3, -0.25) is 9.59 Å². The number of esters is 1. The molecule has 1 aromatic rings. The number of fused-ring (bicyclic) bond motifs is 1. The molecule has 0 fully saturated rings. The van der Waals surface area contributed by atoms with Crippen LogP contribution in [0.1, 0.15) is 37.6 Å². The molecule has 9 nitrogen and oxygen atoms in total. The van der Waals surface area contributed by atoms with Gasteiger partial charge in [0.15, 0.2) is 17.3 Å². The van der Waals surface area contributed by atoms with E-state index in [0.29, 0.717) is 17.1 Å². The Balaban J connectivity index is 0.00000114. The first kappa shape index (κ1) is 22.2. The number of likely N-dealkylation sites (N-methyl/N-ethyl adjacent to an activating group) is 1. The maximum absolute atomic E-state index is 12.5. The number of hydrogen-bond donors (Lipinski definition) is 1. The number of nitrogens with zero attached hydrogens (tertiary/aromatic N) is 1. The van der Waals surface area contributed by atoms with Gasteiger partial charge in [0, 0.05) is 12.6 Å². The smallest absolute Gasteiger partial charge is 0.413 e. The first-order valence-electron chi connectivity index (χ1n) is 8.54. The van der Waals surface area contributed by atoms with Crippen LogP contribution in [0, 0.1) is 0 Å². The second-order valence-electron chi connectivity index (χ2n) is 5.67. The number of nitrogens with two attached hydrogens (primary N) is 1. The van der Waals surface area contributed by atoms with Crippen molar-refractivity contribution in [1.29, 1.82) is 0 Å². The molecule has 9 heteroatoms. The van der Waals surface area contributed by atoms with E-state index in [1.165, 1.54) is 13.5 Å². The van der Waals surface area contributed by atoms with Gasteiger partial charge in [0.1, 0.15) is 0 Å². The molecule has 1 aliphatic heterocycles. The predicted molar refractivity (Wildman–Crippen MR) is 96.6 cm³/mol. The molecule has 0 spiro atoms. The van der Waals surface area contributed by atoms with Crippen molar-refractivity contribution in [3.8, 4) is 11.5 Å². The van der Waals surface area contributed by atoms with Crippen LogP contribution in [0.2, 0.25) is 0 Å². The number of rotatable bonds is 6. The van der Waals surface area contributed by atoms with Crippen LogP contribution in [0.3, 0.4) is 0 Å². The van der Waals surface area contributed by atoms with Crippen molar-refractivity contribution in [1.82, 2.24) is 4.90 Å². The number of amides is 1. The zero-order chi connectivity index (χ0) is 20.4. The average Bonchev–Trinajstić information content (AvgIpc) is 3.14. The van der Waals surface area contributed by atoms with Crippen LogP contribution in [-0.2, 0) is 14.3 Å². The third-order valence-electron chi connectivity index (χ3n) is 3.47. The van der Waals surface area contributed by atoms with E-state index in [2.05, 4.69) is 18.6 Å². The Morgan fingerprint density at radius 1 is 1.19 bits per heavy atom. The highest BCUT2D eigenvalue weighted by Crippen LogP contribution is 2.32. The number of hydrogen-bond acceptors (Lipinski definition) is 8. The Bertz CT molecular complexity index is 663. The standard InChI is InChI=1S/C15H18N2O7.C3H8/c1-9(17(2)15(20)24-8-23-13(18)6-16)14(19)10-3-4-11-12(5-10)22-7-21-11;1-3-2/h3-5,9H,6-8,16H2,1-2H3;3H2,1-2H3. The molecular formula is C18H26N2O7. The topological polar surface area (TPSA) is 117 Å². The van der Waals surface area contributed by atoms with Crippen molar-refractivity contribution >= 4 is 17.8 Å². The maximum atomic E-state index is 12.5. The SMILES string of the molecule is CC(C(=O)c1ccc2c(c1)OCO2)N(C)C(=O)OCOC(=O)CN.CCC. The van der Waals surface area contributed by atoms with Crippen LogP contribution in [0.25, 0.3) is 0 Å². The second-order valence-corrected chi connectivity index (χ2v) is 5.67. The summed E-state index contributed by atoms with van der Waals surface area (Å²) in [7, 11) is 1.41. The molecule has 1 aliphatic rings. The summed E-state index contributed by atoms with van der Waals surface area (Å²) in [6, 6.07) is 3.99. The zero-order valence-corrected chi connectivity index (χ0v) is 16.0. The van der Waals surface area contributed by atoms with Crippen molar-refractivity contribution in [3.05, 3.63) is 23.8 Å². The highest BCUT2D eigenvalue weighted by Gasteiger charge is 2.26. The highest BCUT2D eigenvalue weighted by molar-refractivity contribution is 6.01. The van der Waals surface area contributed by atoms with Crippen molar-refractivity contribution in [3.63, 3.8) is 0 Å². The summed E-state index contributed by atoms with van der Waals surface area (Å²) >= 11 is 0. The molecule has 1 unspecified atom stereocenters. The van der Waals surface area contributed by atoms with Crippen molar-refractivity contribution in [2.75, 3.05) is 27.2 Å². The molecular weight excluding hydrogens is 356 g/mol. The number of ketones is 1. The summed E-state index contributed by atoms with van der Waals surface area (Å²) in [5.74, 6) is 0.0438. The first-order valence-corrected chi connectivity index (χ1v) is 8.54. The lowest BCUT2D eigenvalue weighted by Gasteiger charge is -2.23. The van der Waals surface area contributed by atoms with E-state index in [9.17, 15) is 14.4 Å². The van der Waals surface area contributed by atoms with Gasteiger partial charge < -0.3 is 29.6 Å². The van der Waals surface area contributed by atoms with Crippen LogP contribution < -0.4 is 15.2 Å². The van der Waals surface area contributed by atoms with Crippen molar-refractivity contribution in [2.45, 2.75) is 33.2 Å². The monoisotopic (exact) mass is 382 g/mol. The van der Waals surface area contributed by atoms with E-state index >= 15 is 0 Å². The molecule has 0 radical (unpaired) electrons. The quantitative estimate of drug-likeness (QED) is 0.450. The first-order chi connectivity index (χ1) is 12.8. The Labute approximate surface area is 158 Å². The fourth-order valence-corrected chi connectivity index (χ4v) is 1.93. The number of carbonyl (C=O) groups is 3. The van der Waals surface area contributed by atoms with E-state index in [1.54, 1.807) is 25.1 Å². The van der Waals surface area contributed by atoms with Gasteiger partial charge in [-0.15, -0.1) is 0 Å². The molecule has 1 aromatic carbocycles. The van der Waals surface area contributed by atoms with Gasteiger partial charge >= 0.3 is 12.1 Å². The summed E-state index contributed by atoms with van der Waals surface area (Å²) in [6.45, 7) is 5.03. The van der Waals surface area contributed by atoms with E-state index < -0.39 is 24.9 Å². The number of Topliss-reactive ketones (excluding diaryl/α,β-unsaturated/α-hetero) is 1. The third-order valence-corrected chi connectivity index (χ3v) is 3.47. The lowest BCUT2D eigenvalue weighted by Crippen LogP contribution is -2.41. The minimum atomic E-state index is -0.804. The molecule has 27 heavy (non-hydrogen) atoms. The van der Waals surface area contributed by atoms with E-state index in [0.717, 1.165) is 4.90 Å². The molecule has 2 rings (SSSR count). The van der Waals surface area contributed by atoms with Gasteiger partial charge in [0.05, 0.1) is 12.6 Å². The van der Waals surface area contributed by atoms with Gasteiger partial charge in [0.25, 0.3) is 0 Å². The molecule has 0 aliphatic carbocycles. The van der Waals surface area contributed by atoms with Crippen LogP contribution in [-0.4, -0.2) is 56.0 Å². The Hall–Kier alpha value is -2.81. The molecule has 0 aromatic heterocycles. The minimum Gasteiger partial charge on any atom is -0.454 e. The number of carbonyl (C=O) groups excluding carboxylic acids is 3. The largest absolute Gasteiger partial charge is 0.454 e. The van der Waals surface area contributed by atoms with E-state index in [1.807, 2.05) is 0 Å². The fraction of sp³-hybridized carbons (Fsp3) is 0.500. The maximum Gasteiger partial charge on any atom is 0.413 e. The lowest BCUT2D eigenvalue weighted by atomic mass is 10.0. The molecule has 150 valence electrons. The van der Waals surface area contributed by atoms with E-state index in [4.69, 9.17) is 19.9 Å². The minimum absolute atomic E-state index is 0.107. The molecule has 1 heterocycles.